The topological polar surface area (TPSA) is 129 Å². The standard InChI is InChI=1S/C36H31NO9S2/c1-7-9-10-11-12-13-14-15-16-17-22-44-34(38)26(3)23-30(35(39)43-6)24-28(8-2)36(40)45-33-20-21-37(5)32-25-29(18-19-31(32)33)27(4)48(42,47)46-41/h1,18-21,25-28,30H,8,23-24H2,2-6H3/p+1. The Kier molecular flexibility index (Phi) is 15.7. The lowest BCUT2D eigenvalue weighted by Gasteiger charge is -2.22. The van der Waals surface area contributed by atoms with Gasteiger partial charge in [-0.2, -0.15) is 0 Å². The van der Waals surface area contributed by atoms with Crippen LogP contribution in [0.1, 0.15) is 50.8 Å². The molecular formula is C36H32NO9S2+. The molecule has 0 bridgehead atoms. The lowest BCUT2D eigenvalue weighted by atomic mass is 9.86. The van der Waals surface area contributed by atoms with Crippen LogP contribution in [0.15, 0.2) is 30.5 Å². The average Bonchev–Trinajstić information content (AvgIpc) is 3.08. The SMILES string of the molecule is C#CC#CC#CC#CC#CC#COC(=O)C(C)CC(CC(CC)C(=O)Oc1cc[n+](C)c2cc(C(C)S(=O)(=S)OO)ccc12)C(=O)OC. The highest BCUT2D eigenvalue weighted by Gasteiger charge is 2.32. The second-order valence-electron chi connectivity index (χ2n) is 10.2. The van der Waals surface area contributed by atoms with Crippen LogP contribution >= 0.6 is 0 Å². The lowest BCUT2D eigenvalue weighted by molar-refractivity contribution is -0.644. The normalized spacial score (nSPS) is 13.4. The molecule has 0 radical (unpaired) electrons. The minimum absolute atomic E-state index is 0.0318. The summed E-state index contributed by atoms with van der Waals surface area (Å²) >= 11 is 4.88. The van der Waals surface area contributed by atoms with Gasteiger partial charge in [-0.1, -0.05) is 19.9 Å². The van der Waals surface area contributed by atoms with Gasteiger partial charge in [0.1, 0.15) is 13.2 Å². The predicted molar refractivity (Wildman–Crippen MR) is 180 cm³/mol. The van der Waals surface area contributed by atoms with Crippen molar-refractivity contribution in [2.75, 3.05) is 7.11 Å². The first kappa shape index (κ1) is 38.9. The fraction of sp³-hybridized carbons (Fsp3) is 0.333. The smallest absolute Gasteiger partial charge is 0.322 e. The number of hydrogen-bond donors (Lipinski definition) is 1. The van der Waals surface area contributed by atoms with Gasteiger partial charge in [0.15, 0.2) is 20.7 Å². The molecule has 0 saturated heterocycles. The molecule has 0 aliphatic rings. The zero-order valence-corrected chi connectivity index (χ0v) is 28.5. The van der Waals surface area contributed by atoms with Crippen molar-refractivity contribution in [3.8, 4) is 77.5 Å². The summed E-state index contributed by atoms with van der Waals surface area (Å²) in [5, 5.41) is 8.76. The fourth-order valence-corrected chi connectivity index (χ4v) is 5.31. The molecule has 0 fully saturated rings. The van der Waals surface area contributed by atoms with E-state index >= 15 is 0 Å². The third-order valence-corrected chi connectivity index (χ3v) is 9.47. The van der Waals surface area contributed by atoms with E-state index in [1.807, 2.05) is 0 Å². The van der Waals surface area contributed by atoms with Crippen LogP contribution in [-0.2, 0) is 55.2 Å². The minimum atomic E-state index is -3.42. The third kappa shape index (κ3) is 11.5. The Bertz CT molecular complexity index is 2020. The number of benzene rings is 1. The van der Waals surface area contributed by atoms with Crippen LogP contribution in [0, 0.1) is 89.5 Å². The van der Waals surface area contributed by atoms with Gasteiger partial charge in [-0.3, -0.25) is 14.4 Å². The molecule has 12 heteroatoms. The van der Waals surface area contributed by atoms with Gasteiger partial charge in [0.05, 0.1) is 35.5 Å². The Morgan fingerprint density at radius 3 is 2.15 bits per heavy atom. The second kappa shape index (κ2) is 19.4. The summed E-state index contributed by atoms with van der Waals surface area (Å²) in [5.41, 5.74) is 1.19. The summed E-state index contributed by atoms with van der Waals surface area (Å²) in [7, 11) is -0.417. The van der Waals surface area contributed by atoms with Crippen molar-refractivity contribution in [2.45, 2.75) is 45.3 Å². The van der Waals surface area contributed by atoms with Crippen molar-refractivity contribution in [2.24, 2.45) is 24.8 Å². The molecule has 0 aliphatic carbocycles. The van der Waals surface area contributed by atoms with E-state index in [1.54, 1.807) is 62.8 Å². The number of nitrogens with zero attached hydrogens (tertiary/aromatic N) is 1. The maximum Gasteiger partial charge on any atom is 0.322 e. The predicted octanol–water partition coefficient (Wildman–Crippen LogP) is 3.16. The van der Waals surface area contributed by atoms with Crippen LogP contribution in [0.25, 0.3) is 10.9 Å². The summed E-state index contributed by atoms with van der Waals surface area (Å²) in [5.74, 6) is 19.8. The van der Waals surface area contributed by atoms with Gasteiger partial charge in [-0.15, -0.1) is 10.8 Å². The largest absolute Gasteiger partial charge is 0.469 e. The van der Waals surface area contributed by atoms with Crippen molar-refractivity contribution in [3.05, 3.63) is 36.0 Å². The summed E-state index contributed by atoms with van der Waals surface area (Å²) in [6.45, 7) is 4.92. The second-order valence-corrected chi connectivity index (χ2v) is 13.4. The highest BCUT2D eigenvalue weighted by Crippen LogP contribution is 2.31. The van der Waals surface area contributed by atoms with Gasteiger partial charge < -0.3 is 14.2 Å². The highest BCUT2D eigenvalue weighted by atomic mass is 32.8. The molecule has 0 spiro atoms. The van der Waals surface area contributed by atoms with E-state index in [4.69, 9.17) is 37.1 Å². The van der Waals surface area contributed by atoms with Crippen LogP contribution in [0.4, 0.5) is 0 Å². The number of aromatic nitrogens is 1. The van der Waals surface area contributed by atoms with Gasteiger partial charge in [-0.25, -0.2) is 14.0 Å². The first-order valence-electron chi connectivity index (χ1n) is 14.3. The van der Waals surface area contributed by atoms with E-state index in [0.717, 1.165) is 0 Å². The zero-order chi connectivity index (χ0) is 35.7. The van der Waals surface area contributed by atoms with E-state index < -0.39 is 49.7 Å². The number of methoxy groups -OCH3 is 1. The minimum Gasteiger partial charge on any atom is -0.469 e. The van der Waals surface area contributed by atoms with Crippen molar-refractivity contribution < 1.29 is 47.0 Å². The van der Waals surface area contributed by atoms with E-state index in [-0.39, 0.29) is 18.6 Å². The molecule has 0 aliphatic heterocycles. The molecule has 48 heavy (non-hydrogen) atoms. The number of aryl methyl sites for hydroxylation is 1. The molecule has 2 rings (SSSR count). The molecule has 1 aromatic carbocycles. The fourth-order valence-electron chi connectivity index (χ4n) is 4.37. The molecule has 5 unspecified atom stereocenters. The molecule has 246 valence electrons. The first-order valence-corrected chi connectivity index (χ1v) is 16.8. The maximum absolute atomic E-state index is 13.4. The number of carbonyl (C=O) groups excluding carboxylic acids is 3. The monoisotopic (exact) mass is 686 g/mol. The molecule has 0 amide bonds. The molecule has 1 aromatic heterocycles. The van der Waals surface area contributed by atoms with Gasteiger partial charge in [0, 0.05) is 52.9 Å². The Balaban J connectivity index is 2.15. The zero-order valence-electron chi connectivity index (χ0n) is 26.9. The van der Waals surface area contributed by atoms with Gasteiger partial charge in [0.25, 0.3) is 0 Å². The van der Waals surface area contributed by atoms with E-state index in [0.29, 0.717) is 22.9 Å². The number of carbonyl (C=O) groups is 3. The van der Waals surface area contributed by atoms with Crippen molar-refractivity contribution in [1.29, 1.82) is 0 Å². The van der Waals surface area contributed by atoms with Crippen molar-refractivity contribution >= 4 is 48.8 Å². The van der Waals surface area contributed by atoms with Crippen molar-refractivity contribution in [3.63, 3.8) is 0 Å². The molecular weight excluding hydrogens is 655 g/mol. The number of ether oxygens (including phenoxy) is 3. The van der Waals surface area contributed by atoms with Crippen molar-refractivity contribution in [1.82, 2.24) is 0 Å². The summed E-state index contributed by atoms with van der Waals surface area (Å²) < 4.78 is 33.9. The molecule has 10 nitrogen and oxygen atoms in total. The number of hydrogen-bond acceptors (Lipinski definition) is 10. The quantitative estimate of drug-likeness (QED) is 0.117. The van der Waals surface area contributed by atoms with Gasteiger partial charge >= 0.3 is 17.9 Å². The Morgan fingerprint density at radius 2 is 1.56 bits per heavy atom. The number of esters is 3. The molecule has 0 saturated carbocycles. The number of rotatable bonds is 12. The van der Waals surface area contributed by atoms with Crippen LogP contribution in [-0.4, -0.2) is 34.5 Å². The lowest BCUT2D eigenvalue weighted by Crippen LogP contribution is -2.30. The van der Waals surface area contributed by atoms with E-state index in [9.17, 15) is 18.6 Å². The van der Waals surface area contributed by atoms with Crippen LogP contribution in [0.3, 0.4) is 0 Å². The number of fused-ring (bicyclic) bond motifs is 1. The maximum atomic E-state index is 13.4. The highest BCUT2D eigenvalue weighted by molar-refractivity contribution is 8.30. The summed E-state index contributed by atoms with van der Waals surface area (Å²) in [6.07, 6.45) is 9.27. The first-order chi connectivity index (χ1) is 22.9. The summed E-state index contributed by atoms with van der Waals surface area (Å²) in [4.78, 5) is 38.6. The molecule has 1 N–H and O–H groups in total. The van der Waals surface area contributed by atoms with E-state index in [2.05, 4.69) is 69.6 Å². The van der Waals surface area contributed by atoms with Crippen LogP contribution in [0.2, 0.25) is 0 Å². The molecule has 1 heterocycles. The Morgan fingerprint density at radius 1 is 0.938 bits per heavy atom. The molecule has 2 aromatic rings. The van der Waals surface area contributed by atoms with Crippen LogP contribution < -0.4 is 9.30 Å². The van der Waals surface area contributed by atoms with Gasteiger partial charge in [0.2, 0.25) is 5.52 Å². The third-order valence-electron chi connectivity index (χ3n) is 7.08. The average molecular weight is 687 g/mol. The van der Waals surface area contributed by atoms with E-state index in [1.165, 1.54) is 7.11 Å². The Hall–Kier alpha value is -5.31. The van der Waals surface area contributed by atoms with Crippen LogP contribution in [0.5, 0.6) is 5.75 Å². The number of pyridine rings is 1. The summed E-state index contributed by atoms with van der Waals surface area (Å²) in [6, 6.07) is 6.69. The van der Waals surface area contributed by atoms with Gasteiger partial charge in [-0.05, 0) is 67.4 Å². The molecule has 5 atom stereocenters. The number of terminal acetylenes is 1. The Labute approximate surface area is 285 Å².